The second-order valence-corrected chi connectivity index (χ2v) is 10.4. The van der Waals surface area contributed by atoms with Crippen LogP contribution in [0.3, 0.4) is 0 Å². The lowest BCUT2D eigenvalue weighted by atomic mass is 9.97. The number of hydrogen-bond acceptors (Lipinski definition) is 4. The zero-order valence-corrected chi connectivity index (χ0v) is 22.9. The van der Waals surface area contributed by atoms with Crippen LogP contribution in [-0.4, -0.2) is 24.5 Å². The quantitative estimate of drug-likeness (QED) is 0.153. The molecule has 0 atom stereocenters. The maximum absolute atomic E-state index is 13.2. The van der Waals surface area contributed by atoms with E-state index in [4.69, 9.17) is 9.47 Å². The lowest BCUT2D eigenvalue weighted by Crippen LogP contribution is -2.30. The Labute approximate surface area is 241 Å². The Morgan fingerprint density at radius 1 is 0.857 bits per heavy atom. The summed E-state index contributed by atoms with van der Waals surface area (Å²) in [6, 6.07) is 29.6. The van der Waals surface area contributed by atoms with Crippen LogP contribution in [0, 0.1) is 0 Å². The van der Waals surface area contributed by atoms with E-state index in [1.54, 1.807) is 37.4 Å². The van der Waals surface area contributed by atoms with Gasteiger partial charge < -0.3 is 9.47 Å². The van der Waals surface area contributed by atoms with Crippen LogP contribution in [0.1, 0.15) is 32.6 Å². The molecule has 0 N–H and O–H groups in total. The Kier molecular flexibility index (Phi) is 7.43. The molecule has 0 aliphatic carbocycles. The predicted octanol–water partition coefficient (Wildman–Crippen LogP) is 8.31. The molecule has 1 heterocycles. The van der Waals surface area contributed by atoms with Gasteiger partial charge in [-0.15, -0.1) is 0 Å². The minimum atomic E-state index is -4.43. The zero-order chi connectivity index (χ0) is 29.3. The van der Waals surface area contributed by atoms with E-state index in [1.807, 2.05) is 30.3 Å². The van der Waals surface area contributed by atoms with Crippen LogP contribution in [0.5, 0.6) is 11.5 Å². The van der Waals surface area contributed by atoms with Crippen molar-refractivity contribution in [2.45, 2.75) is 25.7 Å². The van der Waals surface area contributed by atoms with Crippen LogP contribution in [-0.2, 0) is 25.7 Å². The van der Waals surface area contributed by atoms with E-state index in [2.05, 4.69) is 23.1 Å². The molecule has 0 fully saturated rings. The van der Waals surface area contributed by atoms with Crippen LogP contribution in [0.2, 0.25) is 0 Å². The summed E-state index contributed by atoms with van der Waals surface area (Å²) < 4.78 is 50.5. The van der Waals surface area contributed by atoms with Crippen LogP contribution in [0.25, 0.3) is 21.9 Å². The summed E-state index contributed by atoms with van der Waals surface area (Å²) in [6.45, 7) is 2.35. The number of fused-ring (bicyclic) bond motifs is 2. The lowest BCUT2D eigenvalue weighted by molar-refractivity contribution is -0.137. The molecule has 1 aliphatic rings. The molecule has 212 valence electrons. The van der Waals surface area contributed by atoms with Gasteiger partial charge in [-0.05, 0) is 75.8 Å². The number of carbonyl (C=O) groups excluding carboxylic acids is 1. The molecule has 4 nitrogen and oxygen atoms in total. The Balaban J connectivity index is 1.18. The van der Waals surface area contributed by atoms with Gasteiger partial charge in [0.25, 0.3) is 0 Å². The summed E-state index contributed by atoms with van der Waals surface area (Å²) in [5, 5.41) is 2.36. The highest BCUT2D eigenvalue weighted by Crippen LogP contribution is 2.34. The number of carbonyl (C=O) groups is 1. The first-order valence-electron chi connectivity index (χ1n) is 13.7. The monoisotopic (exact) mass is 567 g/mol. The highest BCUT2D eigenvalue weighted by Gasteiger charge is 2.30. The second kappa shape index (κ2) is 11.3. The van der Waals surface area contributed by atoms with Crippen molar-refractivity contribution in [3.05, 3.63) is 131 Å². The lowest BCUT2D eigenvalue weighted by Gasteiger charge is -2.30. The third-order valence-corrected chi connectivity index (χ3v) is 7.75. The third-order valence-electron chi connectivity index (χ3n) is 7.75. The molecule has 0 bridgehead atoms. The van der Waals surface area contributed by atoms with E-state index < -0.39 is 17.7 Å². The number of ether oxygens (including phenoxy) is 2. The highest BCUT2D eigenvalue weighted by molar-refractivity contribution is 5.98. The number of esters is 1. The molecular formula is C35H28F3NO3. The Morgan fingerprint density at radius 3 is 2.40 bits per heavy atom. The SMILES string of the molecule is COc1ccc2ccccc2c1CN1CCc2cc(OC(=O)c3ccccc3-c3ccc(C(F)(F)F)cc3)ccc2C1. The van der Waals surface area contributed by atoms with Gasteiger partial charge >= 0.3 is 12.1 Å². The van der Waals surface area contributed by atoms with Crippen molar-refractivity contribution in [1.29, 1.82) is 0 Å². The van der Waals surface area contributed by atoms with Gasteiger partial charge in [0.2, 0.25) is 0 Å². The van der Waals surface area contributed by atoms with Gasteiger partial charge in [0.15, 0.2) is 0 Å². The molecule has 0 saturated heterocycles. The van der Waals surface area contributed by atoms with E-state index in [0.717, 1.165) is 55.1 Å². The van der Waals surface area contributed by atoms with E-state index in [-0.39, 0.29) is 5.56 Å². The highest BCUT2D eigenvalue weighted by atomic mass is 19.4. The van der Waals surface area contributed by atoms with Gasteiger partial charge in [0.1, 0.15) is 11.5 Å². The summed E-state index contributed by atoms with van der Waals surface area (Å²) in [4.78, 5) is 15.6. The minimum Gasteiger partial charge on any atom is -0.496 e. The largest absolute Gasteiger partial charge is 0.496 e. The van der Waals surface area contributed by atoms with Crippen molar-refractivity contribution in [3.8, 4) is 22.6 Å². The van der Waals surface area contributed by atoms with E-state index in [0.29, 0.717) is 16.9 Å². The molecule has 0 amide bonds. The maximum atomic E-state index is 13.2. The first kappa shape index (κ1) is 27.5. The normalized spacial score (nSPS) is 13.5. The molecule has 42 heavy (non-hydrogen) atoms. The molecule has 1 aliphatic heterocycles. The van der Waals surface area contributed by atoms with Crippen LogP contribution < -0.4 is 9.47 Å². The molecule has 6 rings (SSSR count). The van der Waals surface area contributed by atoms with Crippen LogP contribution in [0.15, 0.2) is 103 Å². The Bertz CT molecular complexity index is 1760. The topological polar surface area (TPSA) is 38.8 Å². The van der Waals surface area contributed by atoms with Gasteiger partial charge in [-0.3, -0.25) is 4.90 Å². The number of alkyl halides is 3. The van der Waals surface area contributed by atoms with Crippen molar-refractivity contribution >= 4 is 16.7 Å². The smallest absolute Gasteiger partial charge is 0.416 e. The molecule has 0 radical (unpaired) electrons. The number of methoxy groups -OCH3 is 1. The summed E-state index contributed by atoms with van der Waals surface area (Å²) in [6.07, 6.45) is -3.63. The molecule has 7 heteroatoms. The zero-order valence-electron chi connectivity index (χ0n) is 22.9. The van der Waals surface area contributed by atoms with E-state index in [9.17, 15) is 18.0 Å². The minimum absolute atomic E-state index is 0.283. The first-order valence-corrected chi connectivity index (χ1v) is 13.7. The Morgan fingerprint density at radius 2 is 1.62 bits per heavy atom. The fourth-order valence-electron chi connectivity index (χ4n) is 5.59. The molecule has 5 aromatic carbocycles. The van der Waals surface area contributed by atoms with Gasteiger partial charge in [0.05, 0.1) is 18.2 Å². The standard InChI is InChI=1S/C35H28F3NO3/c1-41-33-17-13-23-6-2-3-8-30(23)32(33)22-39-19-18-25-20-28(16-12-26(25)21-39)42-34(40)31-9-5-4-7-29(31)24-10-14-27(15-11-24)35(36,37)38/h2-17,20H,18-19,21-22H2,1H3. The Hall–Kier alpha value is -4.62. The van der Waals surface area contributed by atoms with Crippen LogP contribution >= 0.6 is 0 Å². The number of rotatable bonds is 6. The molecule has 0 aromatic heterocycles. The average molecular weight is 568 g/mol. The van der Waals surface area contributed by atoms with Crippen molar-refractivity contribution < 1.29 is 27.4 Å². The summed E-state index contributed by atoms with van der Waals surface area (Å²) in [5.41, 5.74) is 4.01. The van der Waals surface area contributed by atoms with E-state index >= 15 is 0 Å². The molecule has 0 unspecified atom stereocenters. The average Bonchev–Trinajstić information content (AvgIpc) is 3.01. The summed E-state index contributed by atoms with van der Waals surface area (Å²) in [5.74, 6) is 0.745. The van der Waals surface area contributed by atoms with Gasteiger partial charge in [-0.2, -0.15) is 13.2 Å². The number of nitrogens with zero attached hydrogens (tertiary/aromatic N) is 1. The van der Waals surface area contributed by atoms with Gasteiger partial charge in [0, 0.05) is 25.2 Å². The molecular weight excluding hydrogens is 539 g/mol. The van der Waals surface area contributed by atoms with Crippen LogP contribution in [0.4, 0.5) is 13.2 Å². The first-order chi connectivity index (χ1) is 20.3. The van der Waals surface area contributed by atoms with Crippen molar-refractivity contribution in [2.75, 3.05) is 13.7 Å². The molecule has 0 saturated carbocycles. The molecule has 0 spiro atoms. The fourth-order valence-corrected chi connectivity index (χ4v) is 5.59. The van der Waals surface area contributed by atoms with Crippen molar-refractivity contribution in [3.63, 3.8) is 0 Å². The van der Waals surface area contributed by atoms with Gasteiger partial charge in [-0.25, -0.2) is 4.79 Å². The summed E-state index contributed by atoms with van der Waals surface area (Å²) in [7, 11) is 1.70. The number of halogens is 3. The number of benzene rings is 5. The van der Waals surface area contributed by atoms with Crippen molar-refractivity contribution in [1.82, 2.24) is 4.90 Å². The predicted molar refractivity (Wildman–Crippen MR) is 157 cm³/mol. The molecule has 5 aromatic rings. The fraction of sp³-hybridized carbons (Fsp3) is 0.171. The summed E-state index contributed by atoms with van der Waals surface area (Å²) >= 11 is 0. The van der Waals surface area contributed by atoms with Crippen molar-refractivity contribution in [2.24, 2.45) is 0 Å². The van der Waals surface area contributed by atoms with E-state index in [1.165, 1.54) is 28.5 Å². The maximum Gasteiger partial charge on any atom is 0.416 e. The number of hydrogen-bond donors (Lipinski definition) is 0. The van der Waals surface area contributed by atoms with Gasteiger partial charge in [-0.1, -0.05) is 66.7 Å². The second-order valence-electron chi connectivity index (χ2n) is 10.4. The third kappa shape index (κ3) is 5.60.